The fourth-order valence-corrected chi connectivity index (χ4v) is 3.83. The topological polar surface area (TPSA) is 12.9 Å². The number of hydrogen-bond donors (Lipinski definition) is 0. The van der Waals surface area contributed by atoms with Crippen molar-refractivity contribution in [2.45, 2.75) is 25.7 Å². The average molecular weight is 314 g/mol. The lowest BCUT2D eigenvalue weighted by atomic mass is 9.80. The van der Waals surface area contributed by atoms with Gasteiger partial charge in [-0.1, -0.05) is 29.8 Å². The van der Waals surface area contributed by atoms with Crippen molar-refractivity contribution in [3.05, 3.63) is 51.5 Å². The number of alkyl halides is 2. The molecule has 0 radical (unpaired) electrons. The second-order valence-corrected chi connectivity index (χ2v) is 6.45. The molecule has 1 aromatic heterocycles. The Labute approximate surface area is 128 Å². The molecule has 2 aromatic rings. The number of hydrogen-bond acceptors (Lipinski definition) is 2. The van der Waals surface area contributed by atoms with Crippen LogP contribution < -0.4 is 0 Å². The molecule has 2 rings (SSSR count). The molecule has 0 fully saturated rings. The zero-order valence-electron chi connectivity index (χ0n) is 11.1. The molecule has 0 spiro atoms. The second-order valence-electron chi connectivity index (χ2n) is 4.98. The standard InChI is InChI=1S/C15H17Cl2NS/c1-11-4-3-5-13(6-11)15(9-16,10-17)7-14-18-12(2)8-19-14/h3-6,8H,7,9-10H2,1-2H3. The van der Waals surface area contributed by atoms with E-state index in [2.05, 4.69) is 41.6 Å². The van der Waals surface area contributed by atoms with Crippen LogP contribution in [0.25, 0.3) is 0 Å². The average Bonchev–Trinajstić information content (AvgIpc) is 2.81. The lowest BCUT2D eigenvalue weighted by Crippen LogP contribution is -2.33. The highest BCUT2D eigenvalue weighted by molar-refractivity contribution is 7.09. The first-order chi connectivity index (χ1) is 9.09. The Morgan fingerprint density at radius 2 is 1.95 bits per heavy atom. The molecule has 102 valence electrons. The molecule has 0 aliphatic carbocycles. The third-order valence-corrected chi connectivity index (χ3v) is 5.29. The highest BCUT2D eigenvalue weighted by Gasteiger charge is 2.32. The Hall–Kier alpha value is -0.570. The van der Waals surface area contributed by atoms with Crippen molar-refractivity contribution in [3.63, 3.8) is 0 Å². The Bertz CT molecular complexity index is 547. The van der Waals surface area contributed by atoms with E-state index in [-0.39, 0.29) is 5.41 Å². The number of rotatable bonds is 5. The van der Waals surface area contributed by atoms with E-state index in [0.29, 0.717) is 11.8 Å². The third kappa shape index (κ3) is 3.31. The van der Waals surface area contributed by atoms with E-state index >= 15 is 0 Å². The summed E-state index contributed by atoms with van der Waals surface area (Å²) in [6.07, 6.45) is 0.794. The molecule has 0 saturated heterocycles. The van der Waals surface area contributed by atoms with Gasteiger partial charge < -0.3 is 0 Å². The maximum Gasteiger partial charge on any atom is 0.0937 e. The minimum atomic E-state index is -0.237. The number of benzene rings is 1. The van der Waals surface area contributed by atoms with Crippen molar-refractivity contribution in [2.24, 2.45) is 0 Å². The molecule has 1 heterocycles. The summed E-state index contributed by atoms with van der Waals surface area (Å²) in [5.41, 5.74) is 3.25. The van der Waals surface area contributed by atoms with Gasteiger partial charge in [-0.2, -0.15) is 0 Å². The van der Waals surface area contributed by atoms with Crippen LogP contribution in [0.2, 0.25) is 0 Å². The van der Waals surface area contributed by atoms with E-state index < -0.39 is 0 Å². The highest BCUT2D eigenvalue weighted by atomic mass is 35.5. The van der Waals surface area contributed by atoms with Gasteiger partial charge in [-0.15, -0.1) is 34.5 Å². The first kappa shape index (κ1) is 14.8. The Morgan fingerprint density at radius 3 is 2.47 bits per heavy atom. The Balaban J connectivity index is 2.37. The van der Waals surface area contributed by atoms with Gasteiger partial charge in [0.2, 0.25) is 0 Å². The van der Waals surface area contributed by atoms with E-state index in [1.54, 1.807) is 11.3 Å². The summed E-state index contributed by atoms with van der Waals surface area (Å²) in [5.74, 6) is 0.997. The minimum Gasteiger partial charge on any atom is -0.247 e. The molecule has 0 amide bonds. The summed E-state index contributed by atoms with van der Waals surface area (Å²) in [6.45, 7) is 4.10. The predicted octanol–water partition coefficient (Wildman–Crippen LogP) is 4.72. The smallest absolute Gasteiger partial charge is 0.0937 e. The first-order valence-corrected chi connectivity index (χ1v) is 8.14. The summed E-state index contributed by atoms with van der Waals surface area (Å²) in [5, 5.41) is 3.17. The molecule has 19 heavy (non-hydrogen) atoms. The van der Waals surface area contributed by atoms with E-state index in [4.69, 9.17) is 23.2 Å². The summed E-state index contributed by atoms with van der Waals surface area (Å²) in [7, 11) is 0. The van der Waals surface area contributed by atoms with Gasteiger partial charge in [-0.3, -0.25) is 0 Å². The monoisotopic (exact) mass is 313 g/mol. The number of nitrogens with zero attached hydrogens (tertiary/aromatic N) is 1. The van der Waals surface area contributed by atoms with E-state index in [1.807, 2.05) is 6.92 Å². The molecule has 0 atom stereocenters. The SMILES string of the molecule is Cc1cccc(C(CCl)(CCl)Cc2nc(C)cs2)c1. The summed E-state index contributed by atoms with van der Waals surface area (Å²) < 4.78 is 0. The van der Waals surface area contributed by atoms with E-state index in [0.717, 1.165) is 17.1 Å². The van der Waals surface area contributed by atoms with Crippen LogP contribution in [-0.4, -0.2) is 16.7 Å². The van der Waals surface area contributed by atoms with Gasteiger partial charge in [-0.05, 0) is 19.4 Å². The molecular weight excluding hydrogens is 297 g/mol. The van der Waals surface area contributed by atoms with Crippen LogP contribution in [0.15, 0.2) is 29.6 Å². The van der Waals surface area contributed by atoms with Crippen LogP contribution in [0, 0.1) is 13.8 Å². The Kier molecular flexibility index (Phi) is 4.88. The number of aromatic nitrogens is 1. The molecule has 0 saturated carbocycles. The van der Waals surface area contributed by atoms with Gasteiger partial charge in [-0.25, -0.2) is 4.98 Å². The lowest BCUT2D eigenvalue weighted by Gasteiger charge is -2.29. The van der Waals surface area contributed by atoms with E-state index in [9.17, 15) is 0 Å². The molecule has 0 bridgehead atoms. The van der Waals surface area contributed by atoms with Crippen LogP contribution in [-0.2, 0) is 11.8 Å². The van der Waals surface area contributed by atoms with Gasteiger partial charge in [0, 0.05) is 34.7 Å². The highest BCUT2D eigenvalue weighted by Crippen LogP contribution is 2.33. The van der Waals surface area contributed by atoms with Crippen LogP contribution in [0.1, 0.15) is 21.8 Å². The lowest BCUT2D eigenvalue weighted by molar-refractivity contribution is 0.534. The zero-order chi connectivity index (χ0) is 13.9. The van der Waals surface area contributed by atoms with Crippen LogP contribution in [0.4, 0.5) is 0 Å². The van der Waals surface area contributed by atoms with Crippen molar-refractivity contribution < 1.29 is 0 Å². The predicted molar refractivity (Wildman–Crippen MR) is 84.9 cm³/mol. The van der Waals surface area contributed by atoms with Gasteiger partial charge in [0.25, 0.3) is 0 Å². The quantitative estimate of drug-likeness (QED) is 0.728. The number of halogens is 2. The number of aryl methyl sites for hydroxylation is 2. The third-order valence-electron chi connectivity index (χ3n) is 3.30. The fourth-order valence-electron chi connectivity index (χ4n) is 2.13. The van der Waals surface area contributed by atoms with E-state index in [1.165, 1.54) is 11.1 Å². The molecule has 1 nitrogen and oxygen atoms in total. The Morgan fingerprint density at radius 1 is 1.21 bits per heavy atom. The summed E-state index contributed by atoms with van der Waals surface area (Å²) in [6, 6.07) is 8.43. The maximum atomic E-state index is 6.26. The first-order valence-electron chi connectivity index (χ1n) is 6.20. The normalized spacial score (nSPS) is 11.8. The summed E-state index contributed by atoms with van der Waals surface area (Å²) in [4.78, 5) is 4.54. The molecule has 1 aromatic carbocycles. The van der Waals surface area contributed by atoms with Crippen molar-refractivity contribution >= 4 is 34.5 Å². The molecule has 0 aliphatic rings. The fraction of sp³-hybridized carbons (Fsp3) is 0.400. The molecule has 0 aliphatic heterocycles. The largest absolute Gasteiger partial charge is 0.247 e. The maximum absolute atomic E-state index is 6.26. The molecular formula is C15H17Cl2NS. The van der Waals surface area contributed by atoms with Gasteiger partial charge >= 0.3 is 0 Å². The molecule has 4 heteroatoms. The van der Waals surface area contributed by atoms with Crippen LogP contribution in [0.5, 0.6) is 0 Å². The van der Waals surface area contributed by atoms with Crippen molar-refractivity contribution in [3.8, 4) is 0 Å². The van der Waals surface area contributed by atoms with Crippen molar-refractivity contribution in [1.82, 2.24) is 4.98 Å². The second kappa shape index (κ2) is 6.25. The van der Waals surface area contributed by atoms with Crippen LogP contribution in [0.3, 0.4) is 0 Å². The molecule has 0 N–H and O–H groups in total. The van der Waals surface area contributed by atoms with Crippen molar-refractivity contribution in [1.29, 1.82) is 0 Å². The molecule has 0 unspecified atom stereocenters. The van der Waals surface area contributed by atoms with Crippen molar-refractivity contribution in [2.75, 3.05) is 11.8 Å². The van der Waals surface area contributed by atoms with Gasteiger partial charge in [0.15, 0.2) is 0 Å². The summed E-state index contributed by atoms with van der Waals surface area (Å²) >= 11 is 14.2. The zero-order valence-corrected chi connectivity index (χ0v) is 13.4. The number of thiazole rings is 1. The minimum absolute atomic E-state index is 0.237. The van der Waals surface area contributed by atoms with Gasteiger partial charge in [0.1, 0.15) is 0 Å². The van der Waals surface area contributed by atoms with Gasteiger partial charge in [0.05, 0.1) is 5.01 Å². The van der Waals surface area contributed by atoms with Crippen LogP contribution >= 0.6 is 34.5 Å².